The smallest absolute Gasteiger partial charge is 0.285 e. The summed E-state index contributed by atoms with van der Waals surface area (Å²) in [5, 5.41) is 14.7. The normalized spacial score (nSPS) is 11.9. The number of nitrogens with one attached hydrogen (secondary N) is 1. The second kappa shape index (κ2) is 7.99. The van der Waals surface area contributed by atoms with Crippen LogP contribution >= 0.6 is 15.9 Å². The van der Waals surface area contributed by atoms with Crippen LogP contribution in [-0.4, -0.2) is 22.7 Å². The molecule has 0 saturated heterocycles. The first kappa shape index (κ1) is 16.6. The Kier molecular flexibility index (Phi) is 6.64. The van der Waals surface area contributed by atoms with Crippen LogP contribution in [0.2, 0.25) is 0 Å². The summed E-state index contributed by atoms with van der Waals surface area (Å²) in [6.45, 7) is 4.29. The highest BCUT2D eigenvalue weighted by atomic mass is 79.9. The zero-order valence-corrected chi connectivity index (χ0v) is 13.3. The molecule has 0 aliphatic heterocycles. The predicted molar refractivity (Wildman–Crippen MR) is 82.4 cm³/mol. The van der Waals surface area contributed by atoms with Gasteiger partial charge in [0.15, 0.2) is 0 Å². The van der Waals surface area contributed by atoms with E-state index < -0.39 is 4.92 Å². The summed E-state index contributed by atoms with van der Waals surface area (Å²) >= 11 is 3.40. The van der Waals surface area contributed by atoms with E-state index in [2.05, 4.69) is 28.2 Å². The Hall–Kier alpha value is -1.43. The van der Waals surface area contributed by atoms with E-state index in [9.17, 15) is 14.9 Å². The summed E-state index contributed by atoms with van der Waals surface area (Å²) < 4.78 is 0. The molecule has 0 radical (unpaired) electrons. The summed E-state index contributed by atoms with van der Waals surface area (Å²) in [6, 6.07) is 4.78. The minimum atomic E-state index is -0.503. The maximum Gasteiger partial charge on any atom is 0.285 e. The summed E-state index contributed by atoms with van der Waals surface area (Å²) in [5.74, 6) is 0.173. The Morgan fingerprint density at radius 2 is 2.20 bits per heavy atom. The van der Waals surface area contributed by atoms with Gasteiger partial charge in [0.25, 0.3) is 11.6 Å². The zero-order chi connectivity index (χ0) is 15.1. The van der Waals surface area contributed by atoms with Crippen LogP contribution in [0.15, 0.2) is 18.2 Å². The molecule has 1 unspecified atom stereocenters. The molecule has 0 bridgehead atoms. The van der Waals surface area contributed by atoms with Crippen LogP contribution in [0.1, 0.15) is 35.7 Å². The van der Waals surface area contributed by atoms with E-state index in [0.29, 0.717) is 18.0 Å². The van der Waals surface area contributed by atoms with E-state index in [1.54, 1.807) is 19.1 Å². The highest BCUT2D eigenvalue weighted by molar-refractivity contribution is 9.09. The molecular formula is C14H19BrN2O3. The number of rotatable bonds is 7. The van der Waals surface area contributed by atoms with Gasteiger partial charge in [0, 0.05) is 17.4 Å². The number of carbonyl (C=O) groups excluding carboxylic acids is 1. The highest BCUT2D eigenvalue weighted by Crippen LogP contribution is 2.22. The van der Waals surface area contributed by atoms with Crippen molar-refractivity contribution in [2.75, 3.05) is 11.9 Å². The number of carbonyl (C=O) groups is 1. The molecule has 1 rings (SSSR count). The van der Waals surface area contributed by atoms with E-state index in [4.69, 9.17) is 0 Å². The van der Waals surface area contributed by atoms with Gasteiger partial charge in [-0.1, -0.05) is 35.0 Å². The van der Waals surface area contributed by atoms with Crippen molar-refractivity contribution in [3.63, 3.8) is 0 Å². The maximum atomic E-state index is 12.0. The van der Waals surface area contributed by atoms with Crippen LogP contribution < -0.4 is 5.32 Å². The molecule has 0 aliphatic rings. The second-order valence-electron chi connectivity index (χ2n) is 4.89. The molecule has 1 N–H and O–H groups in total. The number of alkyl halides is 1. The largest absolute Gasteiger partial charge is 0.352 e. The first-order valence-electron chi connectivity index (χ1n) is 6.55. The van der Waals surface area contributed by atoms with Gasteiger partial charge < -0.3 is 5.32 Å². The van der Waals surface area contributed by atoms with Crippen molar-refractivity contribution in [3.8, 4) is 0 Å². The molecule has 0 fully saturated rings. The Balaban J connectivity index is 2.64. The second-order valence-corrected chi connectivity index (χ2v) is 5.53. The maximum absolute atomic E-state index is 12.0. The lowest BCUT2D eigenvalue weighted by atomic mass is 10.1. The van der Waals surface area contributed by atoms with Crippen LogP contribution in [-0.2, 0) is 0 Å². The Bertz CT molecular complexity index is 491. The number of amides is 1. The van der Waals surface area contributed by atoms with Gasteiger partial charge in [-0.05, 0) is 31.7 Å². The third-order valence-corrected chi connectivity index (χ3v) is 4.19. The monoisotopic (exact) mass is 342 g/mol. The van der Waals surface area contributed by atoms with Crippen molar-refractivity contribution in [2.24, 2.45) is 5.92 Å². The quantitative estimate of drug-likeness (QED) is 0.357. The lowest BCUT2D eigenvalue weighted by Crippen LogP contribution is -2.25. The van der Waals surface area contributed by atoms with Gasteiger partial charge in [0.1, 0.15) is 5.56 Å². The first-order chi connectivity index (χ1) is 9.47. The Morgan fingerprint density at radius 3 is 2.80 bits per heavy atom. The molecule has 5 nitrogen and oxygen atoms in total. The highest BCUT2D eigenvalue weighted by Gasteiger charge is 2.21. The number of hydrogen-bond donors (Lipinski definition) is 1. The van der Waals surface area contributed by atoms with Crippen molar-refractivity contribution in [3.05, 3.63) is 39.4 Å². The van der Waals surface area contributed by atoms with Crippen molar-refractivity contribution >= 4 is 27.5 Å². The molecule has 1 aromatic rings. The molecule has 0 heterocycles. The fourth-order valence-corrected chi connectivity index (χ4v) is 2.23. The minimum Gasteiger partial charge on any atom is -0.352 e. The standard InChI is InChI=1S/C14H19BrN2O3/c1-10(9-15)5-4-8-16-14(18)12-7-3-6-11(2)13(12)17(19)20/h3,6-7,10H,4-5,8-9H2,1-2H3,(H,16,18). The molecule has 0 aliphatic carbocycles. The molecule has 1 aromatic carbocycles. The van der Waals surface area contributed by atoms with Gasteiger partial charge in [-0.15, -0.1) is 0 Å². The number of halogens is 1. The van der Waals surface area contributed by atoms with Crippen molar-refractivity contribution in [2.45, 2.75) is 26.7 Å². The molecule has 0 saturated carbocycles. The first-order valence-corrected chi connectivity index (χ1v) is 7.67. The topological polar surface area (TPSA) is 72.2 Å². The molecule has 110 valence electrons. The molecule has 1 amide bonds. The summed E-state index contributed by atoms with van der Waals surface area (Å²) in [4.78, 5) is 22.5. The number of nitro benzene ring substituents is 1. The predicted octanol–water partition coefficient (Wildman–Crippen LogP) is 3.44. The zero-order valence-electron chi connectivity index (χ0n) is 11.7. The molecule has 1 atom stereocenters. The van der Waals surface area contributed by atoms with Gasteiger partial charge in [0.2, 0.25) is 0 Å². The van der Waals surface area contributed by atoms with E-state index >= 15 is 0 Å². The van der Waals surface area contributed by atoms with Gasteiger partial charge in [-0.3, -0.25) is 14.9 Å². The van der Waals surface area contributed by atoms with Gasteiger partial charge in [0.05, 0.1) is 4.92 Å². The summed E-state index contributed by atoms with van der Waals surface area (Å²) in [7, 11) is 0. The number of hydrogen-bond acceptors (Lipinski definition) is 3. The lowest BCUT2D eigenvalue weighted by molar-refractivity contribution is -0.385. The summed E-state index contributed by atoms with van der Waals surface area (Å²) in [5.41, 5.74) is 0.512. The summed E-state index contributed by atoms with van der Waals surface area (Å²) in [6.07, 6.45) is 1.86. The van der Waals surface area contributed by atoms with Gasteiger partial charge in [-0.25, -0.2) is 0 Å². The Morgan fingerprint density at radius 1 is 1.50 bits per heavy atom. The number of nitro groups is 1. The third-order valence-electron chi connectivity index (χ3n) is 3.09. The fourth-order valence-electron chi connectivity index (χ4n) is 1.91. The number of nitrogens with zero attached hydrogens (tertiary/aromatic N) is 1. The van der Waals surface area contributed by atoms with Crippen molar-refractivity contribution < 1.29 is 9.72 Å². The van der Waals surface area contributed by atoms with E-state index in [0.717, 1.165) is 18.2 Å². The molecule has 0 aromatic heterocycles. The molecule has 0 spiro atoms. The van der Waals surface area contributed by atoms with E-state index in [-0.39, 0.29) is 17.2 Å². The average molecular weight is 343 g/mol. The van der Waals surface area contributed by atoms with Crippen LogP contribution in [0.3, 0.4) is 0 Å². The molecule has 20 heavy (non-hydrogen) atoms. The minimum absolute atomic E-state index is 0.112. The average Bonchev–Trinajstić information content (AvgIpc) is 2.42. The van der Waals surface area contributed by atoms with Gasteiger partial charge in [-0.2, -0.15) is 0 Å². The lowest BCUT2D eigenvalue weighted by Gasteiger charge is -2.09. The molecular weight excluding hydrogens is 324 g/mol. The number of para-hydroxylation sites is 1. The van der Waals surface area contributed by atoms with E-state index in [1.807, 2.05) is 0 Å². The number of benzene rings is 1. The van der Waals surface area contributed by atoms with Crippen LogP contribution in [0, 0.1) is 23.0 Å². The molecule has 6 heteroatoms. The van der Waals surface area contributed by atoms with Crippen molar-refractivity contribution in [1.82, 2.24) is 5.32 Å². The fraction of sp³-hybridized carbons (Fsp3) is 0.500. The Labute approximate surface area is 127 Å². The van der Waals surface area contributed by atoms with Crippen LogP contribution in [0.25, 0.3) is 0 Å². The SMILES string of the molecule is Cc1cccc(C(=O)NCCCC(C)CBr)c1[N+](=O)[O-]. The number of aryl methyl sites for hydroxylation is 1. The van der Waals surface area contributed by atoms with Crippen LogP contribution in [0.4, 0.5) is 5.69 Å². The van der Waals surface area contributed by atoms with Crippen molar-refractivity contribution in [1.29, 1.82) is 0 Å². The van der Waals surface area contributed by atoms with Gasteiger partial charge >= 0.3 is 0 Å². The van der Waals surface area contributed by atoms with Crippen LogP contribution in [0.5, 0.6) is 0 Å². The third kappa shape index (κ3) is 4.59. The van der Waals surface area contributed by atoms with E-state index in [1.165, 1.54) is 6.07 Å².